The lowest BCUT2D eigenvalue weighted by molar-refractivity contribution is 0.504. The number of halogens is 2. The molecule has 8 nitrogen and oxygen atoms in total. The number of hydrogen-bond donors (Lipinski definition) is 4. The molecule has 1 aliphatic carbocycles. The second-order valence-electron chi connectivity index (χ2n) is 7.03. The number of aliphatic imine (C=N–C) groups is 1. The van der Waals surface area contributed by atoms with Crippen LogP contribution >= 0.6 is 23.2 Å². The molecule has 5 rings (SSSR count). The zero-order valence-corrected chi connectivity index (χ0v) is 16.3. The molecule has 2 aromatic heterocycles. The Labute approximate surface area is 171 Å². The molecule has 0 amide bonds. The molecule has 0 spiro atoms. The first-order chi connectivity index (χ1) is 13.7. The van der Waals surface area contributed by atoms with E-state index in [0.717, 1.165) is 34.8 Å². The van der Waals surface area contributed by atoms with Gasteiger partial charge in [0, 0.05) is 19.0 Å². The van der Waals surface area contributed by atoms with E-state index in [1.54, 1.807) is 12.5 Å². The lowest BCUT2D eigenvalue weighted by atomic mass is 10.1. The van der Waals surface area contributed by atoms with Crippen LogP contribution in [0.4, 0.5) is 11.8 Å². The Morgan fingerprint density at radius 1 is 1.21 bits per heavy atom. The van der Waals surface area contributed by atoms with Gasteiger partial charge in [0.15, 0.2) is 5.82 Å². The molecule has 0 radical (unpaired) electrons. The lowest BCUT2D eigenvalue weighted by Crippen LogP contribution is -2.32. The van der Waals surface area contributed by atoms with E-state index in [1.807, 2.05) is 12.1 Å². The fraction of sp³-hybridized carbons (Fsp3) is 0.333. The van der Waals surface area contributed by atoms with Crippen LogP contribution in [0.2, 0.25) is 10.0 Å². The summed E-state index contributed by atoms with van der Waals surface area (Å²) < 4.78 is 0. The number of benzene rings is 1. The van der Waals surface area contributed by atoms with E-state index in [1.165, 1.54) is 12.8 Å². The number of anilines is 1. The Bertz CT molecular complexity index is 1060. The van der Waals surface area contributed by atoms with Crippen molar-refractivity contribution in [3.63, 3.8) is 0 Å². The molecule has 1 unspecified atom stereocenters. The normalized spacial score (nSPS) is 20.6. The number of nitrogens with one attached hydrogen (secondary N) is 4. The molecule has 10 heteroatoms. The van der Waals surface area contributed by atoms with Crippen molar-refractivity contribution in [2.45, 2.75) is 31.8 Å². The van der Waals surface area contributed by atoms with Crippen molar-refractivity contribution in [2.75, 3.05) is 5.32 Å². The summed E-state index contributed by atoms with van der Waals surface area (Å²) in [4.78, 5) is 20.5. The van der Waals surface area contributed by atoms with Gasteiger partial charge in [0.2, 0.25) is 5.95 Å². The smallest absolute Gasteiger partial charge is 0.225 e. The van der Waals surface area contributed by atoms with Crippen LogP contribution in [0.15, 0.2) is 29.6 Å². The number of aromatic nitrogens is 4. The van der Waals surface area contributed by atoms with Gasteiger partial charge < -0.3 is 15.7 Å². The molecule has 28 heavy (non-hydrogen) atoms. The Balaban J connectivity index is 1.32. The summed E-state index contributed by atoms with van der Waals surface area (Å²) >= 11 is 12.7. The Morgan fingerprint density at radius 2 is 2.11 bits per heavy atom. The number of aromatic amines is 1. The first-order valence-corrected chi connectivity index (χ1v) is 9.89. The van der Waals surface area contributed by atoms with Crippen LogP contribution < -0.4 is 16.2 Å². The highest BCUT2D eigenvalue weighted by molar-refractivity contribution is 6.35. The molecule has 1 saturated carbocycles. The number of imidazole rings is 1. The van der Waals surface area contributed by atoms with Crippen LogP contribution in [0.5, 0.6) is 0 Å². The van der Waals surface area contributed by atoms with Crippen molar-refractivity contribution in [3.05, 3.63) is 40.3 Å². The Hall–Kier alpha value is -2.42. The third-order valence-electron chi connectivity index (χ3n) is 5.02. The molecule has 1 saturated heterocycles. The van der Waals surface area contributed by atoms with E-state index in [-0.39, 0.29) is 0 Å². The highest BCUT2D eigenvalue weighted by atomic mass is 35.5. The molecule has 144 valence electrons. The molecule has 3 aromatic rings. The number of amidine groups is 1. The minimum absolute atomic E-state index is 0.408. The second kappa shape index (κ2) is 7.20. The van der Waals surface area contributed by atoms with Crippen molar-refractivity contribution in [1.82, 2.24) is 30.8 Å². The number of nitrogens with zero attached hydrogens (tertiary/aromatic N) is 4. The van der Waals surface area contributed by atoms with E-state index in [4.69, 9.17) is 23.2 Å². The molecule has 0 bridgehead atoms. The molecule has 4 N–H and O–H groups in total. The van der Waals surface area contributed by atoms with E-state index < -0.39 is 0 Å². The molecule has 1 aliphatic heterocycles. The second-order valence-corrected chi connectivity index (χ2v) is 7.82. The number of rotatable bonds is 5. The van der Waals surface area contributed by atoms with Gasteiger partial charge in [0.05, 0.1) is 23.1 Å². The van der Waals surface area contributed by atoms with E-state index in [9.17, 15) is 0 Å². The summed E-state index contributed by atoms with van der Waals surface area (Å²) in [6.07, 6.45) is 6.59. The number of hydrazine groups is 1. The Morgan fingerprint density at radius 3 is 2.96 bits per heavy atom. The van der Waals surface area contributed by atoms with Gasteiger partial charge in [-0.3, -0.25) is 0 Å². The third kappa shape index (κ3) is 3.50. The third-order valence-corrected chi connectivity index (χ3v) is 5.71. The first-order valence-electron chi connectivity index (χ1n) is 9.13. The zero-order chi connectivity index (χ0) is 19.1. The van der Waals surface area contributed by atoms with Crippen LogP contribution in [0.25, 0.3) is 11.0 Å². The summed E-state index contributed by atoms with van der Waals surface area (Å²) in [6.45, 7) is 0.461. The highest BCUT2D eigenvalue weighted by Gasteiger charge is 2.35. The van der Waals surface area contributed by atoms with Crippen molar-refractivity contribution in [3.8, 4) is 0 Å². The minimum atomic E-state index is 0.408. The monoisotopic (exact) mass is 416 g/mol. The molecular formula is C18H18Cl2N8. The Kier molecular flexibility index (Phi) is 4.54. The molecule has 2 fully saturated rings. The SMILES string of the molecule is Clc1cnc(NCc2ccc3[nH]cnc3c2Cl)nc1N=C1CC(C2CC2)NN1. The molecular weight excluding hydrogens is 399 g/mol. The van der Waals surface area contributed by atoms with Gasteiger partial charge in [-0.25, -0.2) is 20.4 Å². The van der Waals surface area contributed by atoms with Crippen LogP contribution in [0.3, 0.4) is 0 Å². The van der Waals surface area contributed by atoms with Gasteiger partial charge in [0.25, 0.3) is 0 Å². The van der Waals surface area contributed by atoms with Gasteiger partial charge >= 0.3 is 0 Å². The van der Waals surface area contributed by atoms with Gasteiger partial charge in [-0.2, -0.15) is 4.98 Å². The summed E-state index contributed by atoms with van der Waals surface area (Å²) in [5.74, 6) is 2.46. The van der Waals surface area contributed by atoms with Crippen LogP contribution in [-0.2, 0) is 6.54 Å². The van der Waals surface area contributed by atoms with Crippen LogP contribution in [0.1, 0.15) is 24.8 Å². The van der Waals surface area contributed by atoms with Gasteiger partial charge in [0.1, 0.15) is 16.4 Å². The summed E-state index contributed by atoms with van der Waals surface area (Å²) in [7, 11) is 0. The van der Waals surface area contributed by atoms with Gasteiger partial charge in [-0.1, -0.05) is 29.3 Å². The average Bonchev–Trinajstić information content (AvgIpc) is 3.24. The molecule has 2 aliphatic rings. The van der Waals surface area contributed by atoms with Crippen molar-refractivity contribution in [1.29, 1.82) is 0 Å². The van der Waals surface area contributed by atoms with E-state index in [0.29, 0.717) is 34.4 Å². The topological polar surface area (TPSA) is 103 Å². The van der Waals surface area contributed by atoms with Gasteiger partial charge in [-0.05, 0) is 30.4 Å². The number of H-pyrrole nitrogens is 1. The molecule has 3 heterocycles. The van der Waals surface area contributed by atoms with E-state index >= 15 is 0 Å². The summed E-state index contributed by atoms with van der Waals surface area (Å²) in [5, 5.41) is 4.19. The number of hydrogen-bond acceptors (Lipinski definition) is 6. The quantitative estimate of drug-likeness (QED) is 0.506. The van der Waals surface area contributed by atoms with Crippen molar-refractivity contribution >= 4 is 51.8 Å². The largest absolute Gasteiger partial charge is 0.350 e. The maximum atomic E-state index is 6.44. The van der Waals surface area contributed by atoms with Gasteiger partial charge in [-0.15, -0.1) is 0 Å². The fourth-order valence-electron chi connectivity index (χ4n) is 3.32. The predicted molar refractivity (Wildman–Crippen MR) is 110 cm³/mol. The minimum Gasteiger partial charge on any atom is -0.350 e. The van der Waals surface area contributed by atoms with E-state index in [2.05, 4.69) is 41.1 Å². The predicted octanol–water partition coefficient (Wildman–Crippen LogP) is 3.58. The first kappa shape index (κ1) is 17.7. The van der Waals surface area contributed by atoms with Crippen molar-refractivity contribution in [2.24, 2.45) is 10.9 Å². The average molecular weight is 417 g/mol. The maximum absolute atomic E-state index is 6.44. The van der Waals surface area contributed by atoms with Crippen LogP contribution in [0, 0.1) is 5.92 Å². The zero-order valence-electron chi connectivity index (χ0n) is 14.8. The number of fused-ring (bicyclic) bond motifs is 1. The fourth-order valence-corrected chi connectivity index (χ4v) is 3.73. The molecule has 1 atom stereocenters. The molecule has 1 aromatic carbocycles. The summed E-state index contributed by atoms with van der Waals surface area (Å²) in [6, 6.07) is 4.33. The van der Waals surface area contributed by atoms with Crippen molar-refractivity contribution < 1.29 is 0 Å². The highest BCUT2D eigenvalue weighted by Crippen LogP contribution is 2.35. The maximum Gasteiger partial charge on any atom is 0.225 e. The standard InChI is InChI=1S/C18H18Cl2N8/c19-11-7-22-18(21-6-10-3-4-12-16(15(10)20)24-8-23-12)26-17(11)25-14-5-13(27-28-14)9-1-2-9/h3-4,7-9,13,27H,1-2,5-6H2,(H,23,24)(H2,21,22,25,26,28). The summed E-state index contributed by atoms with van der Waals surface area (Å²) in [5.41, 5.74) is 8.97. The van der Waals surface area contributed by atoms with Crippen LogP contribution in [-0.4, -0.2) is 31.8 Å². The lowest BCUT2D eigenvalue weighted by Gasteiger charge is -2.08.